The van der Waals surface area contributed by atoms with Crippen molar-refractivity contribution in [3.63, 3.8) is 0 Å². The molecule has 0 saturated carbocycles. The summed E-state index contributed by atoms with van der Waals surface area (Å²) in [5.74, 6) is -2.29. The van der Waals surface area contributed by atoms with Crippen LogP contribution in [-0.4, -0.2) is 29.9 Å². The van der Waals surface area contributed by atoms with Crippen molar-refractivity contribution in [2.45, 2.75) is 13.0 Å². The van der Waals surface area contributed by atoms with Crippen LogP contribution in [0.1, 0.15) is 33.1 Å². The van der Waals surface area contributed by atoms with E-state index in [4.69, 9.17) is 4.74 Å². The maximum atomic E-state index is 13.2. The van der Waals surface area contributed by atoms with E-state index in [-0.39, 0.29) is 11.3 Å². The average Bonchev–Trinajstić information content (AvgIpc) is 3.11. The molecule has 0 bridgehead atoms. The van der Waals surface area contributed by atoms with E-state index in [0.29, 0.717) is 22.4 Å². The van der Waals surface area contributed by atoms with E-state index in [9.17, 15) is 19.5 Å². The molecule has 1 unspecified atom stereocenters. The third-order valence-electron chi connectivity index (χ3n) is 5.56. The first-order valence-electron chi connectivity index (χ1n) is 10.1. The number of esters is 1. The number of aryl methyl sites for hydroxylation is 1. The first kappa shape index (κ1) is 22.5. The van der Waals surface area contributed by atoms with Crippen LogP contribution in [0.4, 0.5) is 5.69 Å². The molecular formula is C26H20BrNO5. The van der Waals surface area contributed by atoms with Gasteiger partial charge in [0.2, 0.25) is 0 Å². The van der Waals surface area contributed by atoms with Crippen LogP contribution in [0, 0.1) is 6.92 Å². The number of nitrogens with zero attached hydrogens (tertiary/aromatic N) is 1. The quantitative estimate of drug-likeness (QED) is 0.229. The molecule has 0 aromatic heterocycles. The van der Waals surface area contributed by atoms with Crippen LogP contribution in [0.3, 0.4) is 0 Å². The van der Waals surface area contributed by atoms with Crippen molar-refractivity contribution < 1.29 is 24.2 Å². The summed E-state index contributed by atoms with van der Waals surface area (Å²) < 4.78 is 5.59. The van der Waals surface area contributed by atoms with E-state index >= 15 is 0 Å². The molecule has 4 rings (SSSR count). The maximum Gasteiger partial charge on any atom is 0.337 e. The molecular weight excluding hydrogens is 486 g/mol. The average molecular weight is 506 g/mol. The van der Waals surface area contributed by atoms with E-state index < -0.39 is 23.7 Å². The third-order valence-corrected chi connectivity index (χ3v) is 6.45. The van der Waals surface area contributed by atoms with Gasteiger partial charge in [-0.1, -0.05) is 52.3 Å². The molecule has 0 aliphatic carbocycles. The summed E-state index contributed by atoms with van der Waals surface area (Å²) in [6.07, 6.45) is 0. The highest BCUT2D eigenvalue weighted by atomic mass is 79.9. The van der Waals surface area contributed by atoms with Crippen molar-refractivity contribution in [1.29, 1.82) is 0 Å². The van der Waals surface area contributed by atoms with Crippen LogP contribution in [0.15, 0.2) is 82.8 Å². The van der Waals surface area contributed by atoms with Gasteiger partial charge in [-0.15, -0.1) is 0 Å². The Morgan fingerprint density at radius 3 is 2.21 bits per heavy atom. The molecule has 1 atom stereocenters. The summed E-state index contributed by atoms with van der Waals surface area (Å²) in [5, 5.41) is 11.2. The second-order valence-corrected chi connectivity index (χ2v) is 8.44. The van der Waals surface area contributed by atoms with Gasteiger partial charge in [0, 0.05) is 15.7 Å². The zero-order valence-electron chi connectivity index (χ0n) is 17.9. The lowest BCUT2D eigenvalue weighted by Crippen LogP contribution is -2.29. The van der Waals surface area contributed by atoms with Gasteiger partial charge < -0.3 is 9.84 Å². The molecule has 6 nitrogen and oxygen atoms in total. The second kappa shape index (κ2) is 9.03. The Kier molecular flexibility index (Phi) is 6.16. The van der Waals surface area contributed by atoms with E-state index in [1.807, 2.05) is 13.0 Å². The van der Waals surface area contributed by atoms with Gasteiger partial charge in [0.05, 0.1) is 24.3 Å². The Bertz CT molecular complexity index is 1280. The summed E-state index contributed by atoms with van der Waals surface area (Å²) >= 11 is 3.43. The number of Topliss-reactive ketones (excluding diaryl/α,β-unsaturated/α-hetero) is 1. The Balaban J connectivity index is 1.89. The zero-order chi connectivity index (χ0) is 23.7. The van der Waals surface area contributed by atoms with Crippen molar-refractivity contribution in [1.82, 2.24) is 0 Å². The molecule has 3 aromatic carbocycles. The van der Waals surface area contributed by atoms with Crippen LogP contribution < -0.4 is 4.90 Å². The monoisotopic (exact) mass is 505 g/mol. The second-order valence-electron chi connectivity index (χ2n) is 7.58. The minimum Gasteiger partial charge on any atom is -0.507 e. The molecule has 1 fully saturated rings. The number of anilines is 1. The molecule has 166 valence electrons. The normalized spacial score (nSPS) is 17.3. The Hall–Kier alpha value is -3.71. The number of ketones is 1. The Labute approximate surface area is 199 Å². The number of methoxy groups -OCH3 is 1. The summed E-state index contributed by atoms with van der Waals surface area (Å²) in [4.78, 5) is 39.5. The van der Waals surface area contributed by atoms with Crippen LogP contribution >= 0.6 is 15.9 Å². The number of hydrogen-bond acceptors (Lipinski definition) is 5. The Morgan fingerprint density at radius 1 is 0.970 bits per heavy atom. The van der Waals surface area contributed by atoms with Gasteiger partial charge in [0.15, 0.2) is 0 Å². The number of amides is 1. The van der Waals surface area contributed by atoms with Gasteiger partial charge in [0.1, 0.15) is 5.76 Å². The number of benzene rings is 3. The lowest BCUT2D eigenvalue weighted by Gasteiger charge is -2.25. The number of carbonyl (C=O) groups excluding carboxylic acids is 3. The molecule has 1 aliphatic rings. The fourth-order valence-corrected chi connectivity index (χ4v) is 4.12. The molecule has 1 N–H and O–H groups in total. The molecule has 7 heteroatoms. The fraction of sp³-hybridized carbons (Fsp3) is 0.115. The van der Waals surface area contributed by atoms with E-state index in [1.165, 1.54) is 24.1 Å². The first-order chi connectivity index (χ1) is 15.8. The standard InChI is InChI=1S/C26H20BrNO5/c1-15-14-18(10-13-20(15)27)23(29)21-22(16-6-4-3-5-7-16)28(25(31)24(21)30)19-11-8-17(9-12-19)26(32)33-2/h3-14,22,29H,1-2H3/b23-21-. The van der Waals surface area contributed by atoms with Crippen LogP contribution in [0.5, 0.6) is 0 Å². The lowest BCUT2D eigenvalue weighted by atomic mass is 9.94. The largest absolute Gasteiger partial charge is 0.507 e. The van der Waals surface area contributed by atoms with Crippen LogP contribution in [-0.2, 0) is 14.3 Å². The van der Waals surface area contributed by atoms with Crippen LogP contribution in [0.25, 0.3) is 5.76 Å². The minimum atomic E-state index is -0.834. The predicted octanol–water partition coefficient (Wildman–Crippen LogP) is 5.17. The molecule has 33 heavy (non-hydrogen) atoms. The topological polar surface area (TPSA) is 83.9 Å². The molecule has 1 amide bonds. The highest BCUT2D eigenvalue weighted by Gasteiger charge is 2.46. The molecule has 1 saturated heterocycles. The highest BCUT2D eigenvalue weighted by molar-refractivity contribution is 9.10. The maximum absolute atomic E-state index is 13.2. The molecule has 0 radical (unpaired) electrons. The van der Waals surface area contributed by atoms with E-state index in [0.717, 1.165) is 10.0 Å². The third kappa shape index (κ3) is 4.07. The van der Waals surface area contributed by atoms with Gasteiger partial charge in [-0.25, -0.2) is 4.79 Å². The molecule has 1 heterocycles. The van der Waals surface area contributed by atoms with Crippen molar-refractivity contribution in [2.75, 3.05) is 12.0 Å². The fourth-order valence-electron chi connectivity index (χ4n) is 3.87. The van der Waals surface area contributed by atoms with Gasteiger partial charge in [-0.3, -0.25) is 14.5 Å². The van der Waals surface area contributed by atoms with Crippen molar-refractivity contribution in [2.24, 2.45) is 0 Å². The number of hydrogen-bond donors (Lipinski definition) is 1. The molecule has 1 aliphatic heterocycles. The molecule has 0 spiro atoms. The lowest BCUT2D eigenvalue weighted by molar-refractivity contribution is -0.132. The zero-order valence-corrected chi connectivity index (χ0v) is 19.5. The number of rotatable bonds is 4. The number of aliphatic hydroxyl groups excluding tert-OH is 1. The van der Waals surface area contributed by atoms with Crippen molar-refractivity contribution >= 4 is 45.0 Å². The summed E-state index contributed by atoms with van der Waals surface area (Å²) in [5.41, 5.74) is 2.73. The number of ether oxygens (including phenoxy) is 1. The van der Waals surface area contributed by atoms with E-state index in [2.05, 4.69) is 15.9 Å². The highest BCUT2D eigenvalue weighted by Crippen LogP contribution is 2.42. The van der Waals surface area contributed by atoms with Crippen molar-refractivity contribution in [3.05, 3.63) is 105 Å². The van der Waals surface area contributed by atoms with Gasteiger partial charge in [-0.05, 0) is 54.4 Å². The summed E-state index contributed by atoms with van der Waals surface area (Å²) in [6.45, 7) is 1.87. The van der Waals surface area contributed by atoms with Gasteiger partial charge >= 0.3 is 5.97 Å². The van der Waals surface area contributed by atoms with Gasteiger partial charge in [-0.2, -0.15) is 0 Å². The Morgan fingerprint density at radius 2 is 1.61 bits per heavy atom. The summed E-state index contributed by atoms with van der Waals surface area (Å²) in [6, 6.07) is 19.6. The van der Waals surface area contributed by atoms with Crippen LogP contribution in [0.2, 0.25) is 0 Å². The number of halogens is 1. The smallest absolute Gasteiger partial charge is 0.337 e. The predicted molar refractivity (Wildman–Crippen MR) is 128 cm³/mol. The first-order valence-corrected chi connectivity index (χ1v) is 10.9. The van der Waals surface area contributed by atoms with E-state index in [1.54, 1.807) is 54.6 Å². The molecule has 3 aromatic rings. The minimum absolute atomic E-state index is 0.00460. The number of aliphatic hydroxyl groups is 1. The SMILES string of the molecule is COC(=O)c1ccc(N2C(=O)C(=O)/C(=C(\O)c3ccc(Br)c(C)c3)C2c2ccccc2)cc1. The van der Waals surface area contributed by atoms with Crippen molar-refractivity contribution in [3.8, 4) is 0 Å². The number of carbonyl (C=O) groups is 3. The summed E-state index contributed by atoms with van der Waals surface area (Å²) in [7, 11) is 1.29. The van der Waals surface area contributed by atoms with Gasteiger partial charge in [0.25, 0.3) is 11.7 Å².